The number of ether oxygens (including phenoxy) is 3. The molecule has 0 fully saturated rings. The van der Waals surface area contributed by atoms with Crippen LogP contribution in [0.25, 0.3) is 0 Å². The number of rotatable bonds is 59. The van der Waals surface area contributed by atoms with Crippen molar-refractivity contribution in [1.82, 2.24) is 0 Å². The van der Waals surface area contributed by atoms with E-state index in [0.29, 0.717) is 19.3 Å². The second kappa shape index (κ2) is 63.4. The third-order valence-corrected chi connectivity index (χ3v) is 14.2. The number of esters is 3. The van der Waals surface area contributed by atoms with Crippen LogP contribution in [0.3, 0.4) is 0 Å². The van der Waals surface area contributed by atoms with E-state index in [-0.39, 0.29) is 31.1 Å². The molecule has 0 saturated heterocycles. The fourth-order valence-corrected chi connectivity index (χ4v) is 9.35. The van der Waals surface area contributed by atoms with E-state index in [9.17, 15) is 14.4 Å². The van der Waals surface area contributed by atoms with E-state index in [1.165, 1.54) is 199 Å². The first-order chi connectivity index (χ1) is 37.0. The fraction of sp³-hybridized carbons (Fsp3) is 0.783. The van der Waals surface area contributed by atoms with Gasteiger partial charge in [0.1, 0.15) is 13.2 Å². The summed E-state index contributed by atoms with van der Waals surface area (Å²) in [5, 5.41) is 0. The van der Waals surface area contributed by atoms with Crippen molar-refractivity contribution >= 4 is 17.9 Å². The third-order valence-electron chi connectivity index (χ3n) is 14.2. The highest BCUT2D eigenvalue weighted by Gasteiger charge is 2.19. The highest BCUT2D eigenvalue weighted by Crippen LogP contribution is 2.17. The van der Waals surface area contributed by atoms with Gasteiger partial charge in [-0.1, -0.05) is 293 Å². The Balaban J connectivity index is 4.06. The van der Waals surface area contributed by atoms with Crippen LogP contribution >= 0.6 is 0 Å². The number of hydrogen-bond donors (Lipinski definition) is 0. The highest BCUT2D eigenvalue weighted by molar-refractivity contribution is 5.71. The van der Waals surface area contributed by atoms with Crippen molar-refractivity contribution in [3.8, 4) is 0 Å². The maximum Gasteiger partial charge on any atom is 0.306 e. The van der Waals surface area contributed by atoms with E-state index in [1.807, 2.05) is 0 Å². The maximum atomic E-state index is 12.8. The predicted octanol–water partition coefficient (Wildman–Crippen LogP) is 22.1. The van der Waals surface area contributed by atoms with Crippen molar-refractivity contribution in [3.63, 3.8) is 0 Å². The summed E-state index contributed by atoms with van der Waals surface area (Å²) in [6, 6.07) is 0. The molecule has 0 amide bonds. The number of unbranched alkanes of at least 4 members (excludes halogenated alkanes) is 36. The molecule has 1 unspecified atom stereocenters. The molecule has 0 bridgehead atoms. The van der Waals surface area contributed by atoms with Crippen LogP contribution in [0.4, 0.5) is 0 Å². The van der Waals surface area contributed by atoms with E-state index in [1.54, 1.807) is 0 Å². The molecule has 6 nitrogen and oxygen atoms in total. The minimum atomic E-state index is -0.772. The predicted molar refractivity (Wildman–Crippen MR) is 325 cm³/mol. The largest absolute Gasteiger partial charge is 0.462 e. The Morgan fingerprint density at radius 2 is 0.520 bits per heavy atom. The van der Waals surface area contributed by atoms with Crippen molar-refractivity contribution < 1.29 is 28.6 Å². The molecule has 0 aliphatic carbocycles. The molecule has 1 atom stereocenters. The summed E-state index contributed by atoms with van der Waals surface area (Å²) in [4.78, 5) is 38.1. The molecule has 0 aromatic carbocycles. The van der Waals surface area contributed by atoms with Gasteiger partial charge in [0.25, 0.3) is 0 Å². The average molecular weight is 1050 g/mol. The number of hydrogen-bond acceptors (Lipinski definition) is 6. The molecule has 0 heterocycles. The lowest BCUT2D eigenvalue weighted by Crippen LogP contribution is -2.30. The molecular weight excluding hydrogens is 925 g/mol. The SMILES string of the molecule is CC/C=C\C/C=C\C/C=C\C/C=C\C/C=C\CCCCCCCCCCCCCCCCCC(=O)OCC(COC(=O)CCCCCCCCC)OC(=O)CCCCCCCCCCC/C=C\CCCCCCCC. The van der Waals surface area contributed by atoms with Crippen LogP contribution in [0.2, 0.25) is 0 Å². The fourth-order valence-electron chi connectivity index (χ4n) is 9.35. The third kappa shape index (κ3) is 61.6. The van der Waals surface area contributed by atoms with E-state index < -0.39 is 6.10 Å². The van der Waals surface area contributed by atoms with Crippen LogP contribution in [0.5, 0.6) is 0 Å². The number of carbonyl (C=O) groups is 3. The minimum Gasteiger partial charge on any atom is -0.462 e. The molecule has 0 aliphatic rings. The van der Waals surface area contributed by atoms with E-state index in [2.05, 4.69) is 93.7 Å². The summed E-state index contributed by atoms with van der Waals surface area (Å²) in [6.07, 6.45) is 82.3. The van der Waals surface area contributed by atoms with Gasteiger partial charge in [0.2, 0.25) is 0 Å². The van der Waals surface area contributed by atoms with E-state index in [0.717, 1.165) is 89.9 Å². The molecule has 0 rings (SSSR count). The smallest absolute Gasteiger partial charge is 0.306 e. The molecular formula is C69H122O6. The second-order valence-electron chi connectivity index (χ2n) is 21.6. The van der Waals surface area contributed by atoms with Crippen LogP contribution < -0.4 is 0 Å². The van der Waals surface area contributed by atoms with Crippen molar-refractivity contribution in [2.75, 3.05) is 13.2 Å². The summed E-state index contributed by atoms with van der Waals surface area (Å²) in [5.41, 5.74) is 0. The number of allylic oxidation sites excluding steroid dienone is 12. The quantitative estimate of drug-likeness (QED) is 0.0261. The molecule has 75 heavy (non-hydrogen) atoms. The zero-order valence-electron chi connectivity index (χ0n) is 49.8. The Labute approximate surface area is 465 Å². The molecule has 0 N–H and O–H groups in total. The van der Waals surface area contributed by atoms with Gasteiger partial charge in [0, 0.05) is 19.3 Å². The second-order valence-corrected chi connectivity index (χ2v) is 21.6. The summed E-state index contributed by atoms with van der Waals surface area (Å²) < 4.78 is 16.8. The lowest BCUT2D eigenvalue weighted by atomic mass is 10.0. The van der Waals surface area contributed by atoms with E-state index >= 15 is 0 Å². The molecule has 434 valence electrons. The standard InChI is InChI=1S/C69H122O6/c1-4-7-10-13-16-18-20-22-24-26-28-29-30-31-32-33-34-35-36-37-38-39-41-42-44-46-48-50-53-56-59-62-68(71)74-65-66(64-73-67(70)61-58-55-52-15-12-9-6-3)75-69(72)63-60-57-54-51-49-47-45-43-40-27-25-23-21-19-17-14-11-8-5-2/h7,10,16,18,22-25,28-29,31-32,66H,4-6,8-9,11-15,17,19-21,26-27,30,33-65H2,1-3H3/b10-7-,18-16-,24-22-,25-23-,29-28-,32-31-. The lowest BCUT2D eigenvalue weighted by molar-refractivity contribution is -0.167. The molecule has 0 aliphatic heterocycles. The molecule has 0 spiro atoms. The van der Waals surface area contributed by atoms with Crippen molar-refractivity contribution in [3.05, 3.63) is 72.9 Å². The zero-order chi connectivity index (χ0) is 54.3. The van der Waals surface area contributed by atoms with Crippen LogP contribution in [0, 0.1) is 0 Å². The van der Waals surface area contributed by atoms with Crippen molar-refractivity contribution in [1.29, 1.82) is 0 Å². The minimum absolute atomic E-state index is 0.0721. The Bertz CT molecular complexity index is 1390. The molecule has 0 radical (unpaired) electrons. The first-order valence-electron chi connectivity index (χ1n) is 32.4. The number of carbonyl (C=O) groups excluding carboxylic acids is 3. The highest BCUT2D eigenvalue weighted by atomic mass is 16.6. The van der Waals surface area contributed by atoms with Crippen LogP contribution in [0.15, 0.2) is 72.9 Å². The van der Waals surface area contributed by atoms with Gasteiger partial charge in [0.05, 0.1) is 0 Å². The summed E-state index contributed by atoms with van der Waals surface area (Å²) in [6.45, 7) is 6.51. The van der Waals surface area contributed by atoms with Gasteiger partial charge in [0.15, 0.2) is 6.10 Å². The molecule has 0 aromatic rings. The van der Waals surface area contributed by atoms with Crippen molar-refractivity contribution in [2.24, 2.45) is 0 Å². The summed E-state index contributed by atoms with van der Waals surface area (Å²) >= 11 is 0. The maximum absolute atomic E-state index is 12.8. The zero-order valence-corrected chi connectivity index (χ0v) is 49.8. The first kappa shape index (κ1) is 71.8. The molecule has 0 saturated carbocycles. The average Bonchev–Trinajstić information content (AvgIpc) is 3.41. The van der Waals surface area contributed by atoms with Gasteiger partial charge >= 0.3 is 17.9 Å². The lowest BCUT2D eigenvalue weighted by Gasteiger charge is -2.18. The Kier molecular flexibility index (Phi) is 60.7. The van der Waals surface area contributed by atoms with Crippen LogP contribution in [-0.2, 0) is 28.6 Å². The summed E-state index contributed by atoms with van der Waals surface area (Å²) in [5.74, 6) is -0.866. The Morgan fingerprint density at radius 3 is 0.827 bits per heavy atom. The van der Waals surface area contributed by atoms with Gasteiger partial charge in [-0.15, -0.1) is 0 Å². The molecule has 0 aromatic heterocycles. The van der Waals surface area contributed by atoms with Gasteiger partial charge in [-0.05, 0) is 89.9 Å². The van der Waals surface area contributed by atoms with Crippen molar-refractivity contribution in [2.45, 2.75) is 335 Å². The topological polar surface area (TPSA) is 78.9 Å². The van der Waals surface area contributed by atoms with E-state index in [4.69, 9.17) is 14.2 Å². The normalized spacial score (nSPS) is 12.5. The van der Waals surface area contributed by atoms with Gasteiger partial charge in [-0.3, -0.25) is 14.4 Å². The van der Waals surface area contributed by atoms with Crippen LogP contribution in [-0.4, -0.2) is 37.2 Å². The van der Waals surface area contributed by atoms with Gasteiger partial charge < -0.3 is 14.2 Å². The first-order valence-corrected chi connectivity index (χ1v) is 32.4. The summed E-state index contributed by atoms with van der Waals surface area (Å²) in [7, 11) is 0. The Hall–Kier alpha value is -3.15. The Morgan fingerprint density at radius 1 is 0.280 bits per heavy atom. The van der Waals surface area contributed by atoms with Crippen LogP contribution in [0.1, 0.15) is 329 Å². The molecule has 6 heteroatoms. The van der Waals surface area contributed by atoms with Gasteiger partial charge in [-0.2, -0.15) is 0 Å². The van der Waals surface area contributed by atoms with Gasteiger partial charge in [-0.25, -0.2) is 0 Å². The monoisotopic (exact) mass is 1050 g/mol.